The summed E-state index contributed by atoms with van der Waals surface area (Å²) in [5.41, 5.74) is 0. The van der Waals surface area contributed by atoms with Gasteiger partial charge in [0.1, 0.15) is 18.8 Å². The van der Waals surface area contributed by atoms with Gasteiger partial charge in [0.25, 0.3) is 0 Å². The molecule has 12 heteroatoms. The van der Waals surface area contributed by atoms with Gasteiger partial charge in [-0.3, -0.25) is 14.4 Å². The van der Waals surface area contributed by atoms with Crippen molar-refractivity contribution < 1.29 is 58.2 Å². The van der Waals surface area contributed by atoms with Crippen LogP contribution in [0.2, 0.25) is 0 Å². The lowest BCUT2D eigenvalue weighted by Crippen LogP contribution is -2.61. The Morgan fingerprint density at radius 2 is 0.800 bits per heavy atom. The van der Waals surface area contributed by atoms with E-state index in [1.165, 1.54) is 167 Å². The Hall–Kier alpha value is -2.80. The average Bonchev–Trinajstić information content (AvgIpc) is 3.39. The lowest BCUT2D eigenvalue weighted by Gasteiger charge is -2.40. The Morgan fingerprint density at radius 3 is 1.23 bits per heavy atom. The SMILES string of the molecule is CCCCC/C=C\C/C=C\CCCCCCCCCC(=O)OCC(COC1OC(C(=O)O)C(O)C(O)C1OC(=O)CCCCCCCCCCCCCCCCC)OC(=O)CCCCCCCCCCCCCCC. The Kier molecular flexibility index (Phi) is 48.6. The summed E-state index contributed by atoms with van der Waals surface area (Å²) in [5.74, 6) is -3.09. The van der Waals surface area contributed by atoms with Crippen molar-refractivity contribution in [3.05, 3.63) is 24.3 Å². The van der Waals surface area contributed by atoms with Gasteiger partial charge in [-0.05, 0) is 51.4 Å². The molecule has 0 amide bonds. The molecule has 0 radical (unpaired) electrons. The lowest BCUT2D eigenvalue weighted by molar-refractivity contribution is -0.301. The molecule has 0 bridgehead atoms. The molecule has 0 aromatic carbocycles. The summed E-state index contributed by atoms with van der Waals surface area (Å²) in [6.45, 7) is 6.00. The minimum absolute atomic E-state index is 0.0671. The normalized spacial score (nSPS) is 18.2. The number of aliphatic carboxylic acids is 1. The van der Waals surface area contributed by atoms with E-state index in [-0.39, 0.29) is 25.9 Å². The topological polar surface area (TPSA) is 175 Å². The second kappa shape index (κ2) is 51.9. The van der Waals surface area contributed by atoms with Crippen molar-refractivity contribution in [3.63, 3.8) is 0 Å². The standard InChI is InChI=1S/C63H114O12/c1-4-7-10-13-16-19-22-25-27-28-30-32-34-37-40-43-46-49-55(64)71-52-54(73-56(65)50-47-44-41-38-35-31-24-21-18-15-12-9-6-3)53-72-63-61(59(68)58(67)60(75-63)62(69)70)74-57(66)51-48-45-42-39-36-33-29-26-23-20-17-14-11-8-5-2/h16,19,25,27,54,58-61,63,67-68H,4-15,17-18,20-24,26,28-53H2,1-3H3,(H,69,70)/b19-16-,27-25-. The van der Waals surface area contributed by atoms with Gasteiger partial charge in [0.05, 0.1) is 6.61 Å². The summed E-state index contributed by atoms with van der Waals surface area (Å²) >= 11 is 0. The number of hydrogen-bond donors (Lipinski definition) is 3. The third-order valence-corrected chi connectivity index (χ3v) is 14.5. The van der Waals surface area contributed by atoms with E-state index in [4.69, 9.17) is 23.7 Å². The molecule has 12 nitrogen and oxygen atoms in total. The van der Waals surface area contributed by atoms with Crippen LogP contribution in [0.15, 0.2) is 24.3 Å². The van der Waals surface area contributed by atoms with Crippen LogP contribution in [-0.4, -0.2) is 89.2 Å². The predicted octanol–water partition coefficient (Wildman–Crippen LogP) is 16.2. The zero-order valence-electron chi connectivity index (χ0n) is 48.3. The number of unbranched alkanes of at least 4 members (excludes halogenated alkanes) is 36. The molecule has 0 aliphatic carbocycles. The molecule has 1 aliphatic heterocycles. The summed E-state index contributed by atoms with van der Waals surface area (Å²) in [4.78, 5) is 51.2. The number of aliphatic hydroxyl groups excluding tert-OH is 2. The highest BCUT2D eigenvalue weighted by atomic mass is 16.7. The van der Waals surface area contributed by atoms with Crippen LogP contribution in [0.3, 0.4) is 0 Å². The molecule has 438 valence electrons. The molecular weight excluding hydrogens is 949 g/mol. The monoisotopic (exact) mass is 1060 g/mol. The van der Waals surface area contributed by atoms with E-state index in [2.05, 4.69) is 45.1 Å². The van der Waals surface area contributed by atoms with Gasteiger partial charge >= 0.3 is 23.9 Å². The summed E-state index contributed by atoms with van der Waals surface area (Å²) in [5, 5.41) is 31.5. The van der Waals surface area contributed by atoms with Crippen molar-refractivity contribution >= 4 is 23.9 Å². The third kappa shape index (κ3) is 41.9. The molecule has 6 unspecified atom stereocenters. The van der Waals surface area contributed by atoms with Crippen molar-refractivity contribution in [2.75, 3.05) is 13.2 Å². The first-order valence-electron chi connectivity index (χ1n) is 31.3. The summed E-state index contributed by atoms with van der Waals surface area (Å²) in [7, 11) is 0. The van der Waals surface area contributed by atoms with Gasteiger partial charge in [0.2, 0.25) is 0 Å². The smallest absolute Gasteiger partial charge is 0.335 e. The molecule has 0 aromatic heterocycles. The Labute approximate surface area is 458 Å². The van der Waals surface area contributed by atoms with Gasteiger partial charge in [-0.2, -0.15) is 0 Å². The van der Waals surface area contributed by atoms with Crippen LogP contribution >= 0.6 is 0 Å². The molecule has 6 atom stereocenters. The summed E-state index contributed by atoms with van der Waals surface area (Å²) < 4.78 is 28.5. The van der Waals surface area contributed by atoms with Crippen LogP contribution in [0.1, 0.15) is 303 Å². The lowest BCUT2D eigenvalue weighted by atomic mass is 9.98. The molecule has 3 N–H and O–H groups in total. The van der Waals surface area contributed by atoms with E-state index in [0.717, 1.165) is 77.0 Å². The number of esters is 3. The molecule has 1 saturated heterocycles. The van der Waals surface area contributed by atoms with Crippen molar-refractivity contribution in [1.29, 1.82) is 0 Å². The molecule has 1 aliphatic rings. The van der Waals surface area contributed by atoms with Crippen LogP contribution in [0, 0.1) is 0 Å². The molecule has 1 rings (SSSR count). The van der Waals surface area contributed by atoms with E-state index < -0.39 is 67.3 Å². The number of carboxylic acid groups (broad SMARTS) is 1. The number of ether oxygens (including phenoxy) is 5. The van der Waals surface area contributed by atoms with Gasteiger partial charge in [-0.1, -0.05) is 257 Å². The highest BCUT2D eigenvalue weighted by Gasteiger charge is 2.50. The Bertz CT molecular complexity index is 1400. The first-order valence-corrected chi connectivity index (χ1v) is 31.3. The predicted molar refractivity (Wildman–Crippen MR) is 303 cm³/mol. The maximum atomic E-state index is 13.1. The van der Waals surface area contributed by atoms with Crippen molar-refractivity contribution in [2.24, 2.45) is 0 Å². The summed E-state index contributed by atoms with van der Waals surface area (Å²) in [6.07, 6.45) is 47.1. The molecule has 0 aromatic rings. The van der Waals surface area contributed by atoms with Gasteiger partial charge in [0.15, 0.2) is 24.6 Å². The zero-order valence-corrected chi connectivity index (χ0v) is 48.3. The number of carbonyl (C=O) groups is 4. The highest BCUT2D eigenvalue weighted by molar-refractivity contribution is 5.74. The van der Waals surface area contributed by atoms with E-state index >= 15 is 0 Å². The van der Waals surface area contributed by atoms with Crippen LogP contribution in [0.5, 0.6) is 0 Å². The third-order valence-electron chi connectivity index (χ3n) is 14.5. The van der Waals surface area contributed by atoms with Crippen LogP contribution in [-0.2, 0) is 42.9 Å². The van der Waals surface area contributed by atoms with Crippen molar-refractivity contribution in [1.82, 2.24) is 0 Å². The maximum Gasteiger partial charge on any atom is 0.335 e. The zero-order chi connectivity index (χ0) is 54.7. The number of rotatable bonds is 54. The molecular formula is C63H114O12. The van der Waals surface area contributed by atoms with Gasteiger partial charge in [-0.25, -0.2) is 4.79 Å². The van der Waals surface area contributed by atoms with Crippen LogP contribution in [0.25, 0.3) is 0 Å². The second-order valence-electron chi connectivity index (χ2n) is 21.7. The molecule has 0 spiro atoms. The molecule has 0 saturated carbocycles. The largest absolute Gasteiger partial charge is 0.479 e. The van der Waals surface area contributed by atoms with Crippen molar-refractivity contribution in [3.8, 4) is 0 Å². The average molecular weight is 1060 g/mol. The van der Waals surface area contributed by atoms with Crippen molar-refractivity contribution in [2.45, 2.75) is 340 Å². The number of hydrogen-bond acceptors (Lipinski definition) is 11. The molecule has 1 fully saturated rings. The molecule has 75 heavy (non-hydrogen) atoms. The first kappa shape index (κ1) is 70.2. The first-order chi connectivity index (χ1) is 36.6. The highest BCUT2D eigenvalue weighted by Crippen LogP contribution is 2.27. The molecule has 1 heterocycles. The minimum atomic E-state index is -1.90. The Balaban J connectivity index is 2.65. The fourth-order valence-corrected chi connectivity index (χ4v) is 9.69. The van der Waals surface area contributed by atoms with E-state index in [1.54, 1.807) is 0 Å². The maximum absolute atomic E-state index is 13.1. The second-order valence-corrected chi connectivity index (χ2v) is 21.7. The summed E-state index contributed by atoms with van der Waals surface area (Å²) in [6, 6.07) is 0. The number of aliphatic hydroxyl groups is 2. The van der Waals surface area contributed by atoms with E-state index in [1.807, 2.05) is 0 Å². The Morgan fingerprint density at radius 1 is 0.440 bits per heavy atom. The van der Waals surface area contributed by atoms with E-state index in [0.29, 0.717) is 19.3 Å². The number of carboxylic acids is 1. The van der Waals surface area contributed by atoms with E-state index in [9.17, 15) is 34.5 Å². The van der Waals surface area contributed by atoms with Crippen LogP contribution in [0.4, 0.5) is 0 Å². The number of allylic oxidation sites excluding steroid dienone is 4. The van der Waals surface area contributed by atoms with Gasteiger partial charge < -0.3 is 39.0 Å². The van der Waals surface area contributed by atoms with Crippen LogP contribution < -0.4 is 0 Å². The fraction of sp³-hybridized carbons (Fsp3) is 0.873. The van der Waals surface area contributed by atoms with Gasteiger partial charge in [-0.15, -0.1) is 0 Å². The quantitative estimate of drug-likeness (QED) is 0.0228. The fourth-order valence-electron chi connectivity index (χ4n) is 9.69. The van der Waals surface area contributed by atoms with Gasteiger partial charge in [0, 0.05) is 19.3 Å². The minimum Gasteiger partial charge on any atom is -0.479 e. The number of carbonyl (C=O) groups excluding carboxylic acids is 3.